The number of benzene rings is 1. The van der Waals surface area contributed by atoms with E-state index in [-0.39, 0.29) is 0 Å². The van der Waals surface area contributed by atoms with Gasteiger partial charge < -0.3 is 10.0 Å². The molecule has 1 aromatic carbocycles. The Balaban J connectivity index is 2.13. The van der Waals surface area contributed by atoms with Crippen LogP contribution in [0.5, 0.6) is 0 Å². The van der Waals surface area contributed by atoms with E-state index < -0.39 is 12.0 Å². The van der Waals surface area contributed by atoms with Gasteiger partial charge in [-0.2, -0.15) is 0 Å². The number of hydrogen-bond acceptors (Lipinski definition) is 3. The van der Waals surface area contributed by atoms with Gasteiger partial charge >= 0.3 is 5.97 Å². The number of rotatable bonds is 4. The van der Waals surface area contributed by atoms with E-state index in [0.29, 0.717) is 11.4 Å². The maximum absolute atomic E-state index is 11.6. The second-order valence-corrected chi connectivity index (χ2v) is 5.83. The molecule has 1 fully saturated rings. The number of halogens is 1. The molecule has 2 rings (SSSR count). The maximum atomic E-state index is 11.6. The summed E-state index contributed by atoms with van der Waals surface area (Å²) in [5, 5.41) is 10.2. The molecule has 1 N–H and O–H groups in total. The number of carbonyl (C=O) groups is 1. The molecule has 5 heteroatoms. The highest BCUT2D eigenvalue weighted by molar-refractivity contribution is 6.31. The topological polar surface area (TPSA) is 43.8 Å². The Morgan fingerprint density at radius 3 is 2.60 bits per heavy atom. The highest BCUT2D eigenvalue weighted by atomic mass is 35.5. The van der Waals surface area contributed by atoms with E-state index in [9.17, 15) is 9.90 Å². The number of aliphatic carboxylic acids is 1. The van der Waals surface area contributed by atoms with Crippen molar-refractivity contribution in [3.05, 3.63) is 34.3 Å². The van der Waals surface area contributed by atoms with Crippen molar-refractivity contribution in [2.24, 2.45) is 0 Å². The smallest absolute Gasteiger partial charge is 0.321 e. The fourth-order valence-corrected chi connectivity index (χ4v) is 2.78. The fourth-order valence-electron chi connectivity index (χ4n) is 2.59. The molecule has 0 bridgehead atoms. The van der Waals surface area contributed by atoms with Crippen LogP contribution in [-0.4, -0.2) is 60.1 Å². The van der Waals surface area contributed by atoms with Crippen LogP contribution in [0.1, 0.15) is 11.1 Å². The van der Waals surface area contributed by atoms with E-state index in [2.05, 4.69) is 16.8 Å². The third-order valence-electron chi connectivity index (χ3n) is 4.06. The minimum absolute atomic E-state index is 0.471. The number of carboxylic acid groups (broad SMARTS) is 1. The first-order valence-electron chi connectivity index (χ1n) is 6.88. The third-order valence-corrected chi connectivity index (χ3v) is 4.47. The predicted octanol–water partition coefficient (Wildman–Crippen LogP) is 1.89. The summed E-state index contributed by atoms with van der Waals surface area (Å²) in [6, 6.07) is 5.22. The van der Waals surface area contributed by atoms with Crippen LogP contribution in [0.4, 0.5) is 0 Å². The minimum Gasteiger partial charge on any atom is -0.480 e. The molecule has 0 saturated carbocycles. The molecular weight excluding hydrogens is 276 g/mol. The van der Waals surface area contributed by atoms with Crippen molar-refractivity contribution in [1.82, 2.24) is 9.80 Å². The average molecular weight is 297 g/mol. The van der Waals surface area contributed by atoms with Gasteiger partial charge in [0.2, 0.25) is 0 Å². The largest absolute Gasteiger partial charge is 0.480 e. The van der Waals surface area contributed by atoms with Gasteiger partial charge in [-0.05, 0) is 37.6 Å². The summed E-state index contributed by atoms with van der Waals surface area (Å²) in [6.45, 7) is 5.37. The van der Waals surface area contributed by atoms with Crippen molar-refractivity contribution >= 4 is 17.6 Å². The van der Waals surface area contributed by atoms with Gasteiger partial charge in [0.15, 0.2) is 0 Å². The summed E-state index contributed by atoms with van der Waals surface area (Å²) in [4.78, 5) is 15.9. The van der Waals surface area contributed by atoms with Crippen LogP contribution in [-0.2, 0) is 11.2 Å². The Hall–Kier alpha value is -1.10. The molecule has 0 radical (unpaired) electrons. The van der Waals surface area contributed by atoms with Gasteiger partial charge in [-0.25, -0.2) is 0 Å². The summed E-state index contributed by atoms with van der Waals surface area (Å²) >= 11 is 6.11. The molecule has 1 aliphatic heterocycles. The van der Waals surface area contributed by atoms with E-state index in [4.69, 9.17) is 11.6 Å². The first-order chi connectivity index (χ1) is 9.49. The van der Waals surface area contributed by atoms with Gasteiger partial charge in [-0.1, -0.05) is 23.7 Å². The van der Waals surface area contributed by atoms with E-state index in [0.717, 1.165) is 37.3 Å². The third kappa shape index (κ3) is 3.51. The van der Waals surface area contributed by atoms with E-state index in [1.165, 1.54) is 0 Å². The normalized spacial score (nSPS) is 18.9. The van der Waals surface area contributed by atoms with Gasteiger partial charge in [0.05, 0.1) is 0 Å². The summed E-state index contributed by atoms with van der Waals surface area (Å²) in [6.07, 6.45) is 0.505. The van der Waals surface area contributed by atoms with E-state index >= 15 is 0 Å². The van der Waals surface area contributed by atoms with Crippen LogP contribution >= 0.6 is 11.6 Å². The number of piperazine rings is 1. The zero-order chi connectivity index (χ0) is 14.7. The molecule has 0 aliphatic carbocycles. The van der Waals surface area contributed by atoms with Crippen LogP contribution in [0.25, 0.3) is 0 Å². The lowest BCUT2D eigenvalue weighted by atomic mass is 9.99. The van der Waals surface area contributed by atoms with E-state index in [1.54, 1.807) is 0 Å². The van der Waals surface area contributed by atoms with Gasteiger partial charge in [0.25, 0.3) is 0 Å². The summed E-state index contributed by atoms with van der Waals surface area (Å²) in [7, 11) is 2.06. The van der Waals surface area contributed by atoms with Crippen LogP contribution in [0.2, 0.25) is 5.02 Å². The highest BCUT2D eigenvalue weighted by Crippen LogP contribution is 2.21. The first-order valence-corrected chi connectivity index (χ1v) is 7.26. The lowest BCUT2D eigenvalue weighted by Crippen LogP contribution is -2.52. The zero-order valence-corrected chi connectivity index (χ0v) is 12.7. The highest BCUT2D eigenvalue weighted by Gasteiger charge is 2.28. The van der Waals surface area contributed by atoms with Gasteiger partial charge in [-0.15, -0.1) is 0 Å². The Labute approximate surface area is 124 Å². The molecule has 1 saturated heterocycles. The lowest BCUT2D eigenvalue weighted by molar-refractivity contribution is -0.144. The number of likely N-dealkylation sites (N-methyl/N-ethyl adjacent to an activating group) is 1. The summed E-state index contributed by atoms with van der Waals surface area (Å²) in [5.74, 6) is -0.756. The number of hydrogen-bond donors (Lipinski definition) is 1. The van der Waals surface area contributed by atoms with Gasteiger partial charge in [0, 0.05) is 31.2 Å². The van der Waals surface area contributed by atoms with Gasteiger partial charge in [0.1, 0.15) is 6.04 Å². The lowest BCUT2D eigenvalue weighted by Gasteiger charge is -2.36. The molecular formula is C15H21ClN2O2. The zero-order valence-electron chi connectivity index (χ0n) is 12.0. The fraction of sp³-hybridized carbons (Fsp3) is 0.533. The Morgan fingerprint density at radius 1 is 1.35 bits per heavy atom. The Bertz CT molecular complexity index is 485. The van der Waals surface area contributed by atoms with Crippen molar-refractivity contribution in [2.75, 3.05) is 33.2 Å². The van der Waals surface area contributed by atoms with Crippen molar-refractivity contribution in [1.29, 1.82) is 0 Å². The molecule has 1 atom stereocenters. The van der Waals surface area contributed by atoms with Crippen molar-refractivity contribution < 1.29 is 9.90 Å². The second kappa shape index (κ2) is 6.57. The molecule has 4 nitrogen and oxygen atoms in total. The summed E-state index contributed by atoms with van der Waals surface area (Å²) < 4.78 is 0. The quantitative estimate of drug-likeness (QED) is 0.921. The Morgan fingerprint density at radius 2 is 2.00 bits per heavy atom. The van der Waals surface area contributed by atoms with E-state index in [1.807, 2.05) is 25.1 Å². The monoisotopic (exact) mass is 296 g/mol. The molecule has 0 unspecified atom stereocenters. The average Bonchev–Trinajstić information content (AvgIpc) is 2.41. The number of nitrogens with zero attached hydrogens (tertiary/aromatic N) is 2. The van der Waals surface area contributed by atoms with Gasteiger partial charge in [-0.3, -0.25) is 9.69 Å². The Kier molecular flexibility index (Phi) is 5.02. The van der Waals surface area contributed by atoms with Crippen molar-refractivity contribution in [2.45, 2.75) is 19.4 Å². The molecule has 0 aromatic heterocycles. The van der Waals surface area contributed by atoms with Crippen molar-refractivity contribution in [3.63, 3.8) is 0 Å². The number of carboxylic acids is 1. The molecule has 110 valence electrons. The van der Waals surface area contributed by atoms with Crippen LogP contribution in [0.15, 0.2) is 18.2 Å². The molecule has 1 heterocycles. The van der Waals surface area contributed by atoms with Crippen LogP contribution in [0, 0.1) is 6.92 Å². The maximum Gasteiger partial charge on any atom is 0.321 e. The minimum atomic E-state index is -0.756. The molecule has 0 spiro atoms. The molecule has 0 amide bonds. The molecule has 1 aromatic rings. The van der Waals surface area contributed by atoms with Crippen molar-refractivity contribution in [3.8, 4) is 0 Å². The first kappa shape index (κ1) is 15.3. The standard InChI is InChI=1S/C15H21ClN2O2/c1-11-12(4-3-5-13(11)16)10-14(15(19)20)18-8-6-17(2)7-9-18/h3-5,14H,6-10H2,1-2H3,(H,19,20)/t14-/m0/s1. The van der Waals surface area contributed by atoms with Crippen LogP contribution in [0.3, 0.4) is 0 Å². The molecule has 20 heavy (non-hydrogen) atoms. The predicted molar refractivity (Wildman–Crippen MR) is 80.4 cm³/mol. The SMILES string of the molecule is Cc1c(Cl)cccc1C[C@@H](C(=O)O)N1CCN(C)CC1. The molecule has 1 aliphatic rings. The summed E-state index contributed by atoms with van der Waals surface area (Å²) in [5.41, 5.74) is 2.00. The second-order valence-electron chi connectivity index (χ2n) is 5.42. The van der Waals surface area contributed by atoms with Crippen LogP contribution < -0.4 is 0 Å².